The van der Waals surface area contributed by atoms with Crippen molar-refractivity contribution in [3.05, 3.63) is 0 Å². The predicted molar refractivity (Wildman–Crippen MR) is 43.8 cm³/mol. The average Bonchev–Trinajstić information content (AvgIpc) is 2.08. The summed E-state index contributed by atoms with van der Waals surface area (Å²) in [4.78, 5) is 0. The molecule has 1 atom stereocenters. The molecule has 0 bridgehead atoms. The van der Waals surface area contributed by atoms with Crippen LogP contribution in [-0.4, -0.2) is 42.3 Å². The van der Waals surface area contributed by atoms with Crippen LogP contribution in [0, 0.1) is 0 Å². The Labute approximate surface area is 68.0 Å². The van der Waals surface area contributed by atoms with Gasteiger partial charge in [0, 0.05) is 27.9 Å². The maximum atomic E-state index is 5.65. The highest BCUT2D eigenvalue weighted by atomic mass is 28.4. The van der Waals surface area contributed by atoms with Crippen molar-refractivity contribution in [3.8, 4) is 0 Å². The van der Waals surface area contributed by atoms with E-state index in [1.54, 1.807) is 0 Å². The largest absolute Gasteiger partial charge is 0.519 e. The van der Waals surface area contributed by atoms with E-state index in [2.05, 4.69) is 0 Å². The normalized spacial score (nSPS) is 15.0. The van der Waals surface area contributed by atoms with Gasteiger partial charge in [-0.25, -0.2) is 0 Å². The number of rotatable bonds is 5. The van der Waals surface area contributed by atoms with Gasteiger partial charge in [-0.15, -0.1) is 0 Å². The summed E-state index contributed by atoms with van der Waals surface area (Å²) < 4.78 is 15.2. The molecule has 0 amide bonds. The molecule has 0 saturated carbocycles. The van der Waals surface area contributed by atoms with Crippen molar-refractivity contribution in [2.75, 3.05) is 27.9 Å². The van der Waals surface area contributed by atoms with Crippen LogP contribution in [0.4, 0.5) is 0 Å². The van der Waals surface area contributed by atoms with E-state index >= 15 is 0 Å². The highest BCUT2D eigenvalue weighted by Gasteiger charge is 2.44. The standard InChI is InChI=1S/C5H16N2O3Si/c1-8-11(9-2,10-3)5(7)4-6/h5H,4,6-7H2,1-3H3. The lowest BCUT2D eigenvalue weighted by atomic mass is 10.7. The fourth-order valence-corrected chi connectivity index (χ4v) is 2.55. The molecule has 0 fully saturated rings. The fourth-order valence-electron chi connectivity index (χ4n) is 0.848. The zero-order chi connectivity index (χ0) is 8.91. The minimum Gasteiger partial charge on any atom is -0.376 e. The maximum absolute atomic E-state index is 5.65. The lowest BCUT2D eigenvalue weighted by Crippen LogP contribution is -2.61. The lowest BCUT2D eigenvalue weighted by Gasteiger charge is -2.28. The van der Waals surface area contributed by atoms with Crippen molar-refractivity contribution < 1.29 is 13.3 Å². The molecule has 1 unspecified atom stereocenters. The van der Waals surface area contributed by atoms with Gasteiger partial charge in [0.05, 0.1) is 5.67 Å². The van der Waals surface area contributed by atoms with Gasteiger partial charge in [0.2, 0.25) is 0 Å². The molecular weight excluding hydrogens is 164 g/mol. The van der Waals surface area contributed by atoms with E-state index in [-0.39, 0.29) is 5.67 Å². The monoisotopic (exact) mass is 180 g/mol. The van der Waals surface area contributed by atoms with Crippen LogP contribution in [0.2, 0.25) is 0 Å². The Bertz CT molecular complexity index is 102. The summed E-state index contributed by atoms with van der Waals surface area (Å²) in [5, 5.41) is 0. The number of nitrogens with two attached hydrogens (primary N) is 2. The minimum atomic E-state index is -2.67. The third-order valence-corrected chi connectivity index (χ3v) is 4.41. The van der Waals surface area contributed by atoms with Gasteiger partial charge in [0.1, 0.15) is 0 Å². The summed E-state index contributed by atoms with van der Waals surface area (Å²) in [5.74, 6) is 0. The molecule has 0 aromatic carbocycles. The van der Waals surface area contributed by atoms with Crippen LogP contribution in [0.15, 0.2) is 0 Å². The Morgan fingerprint density at radius 3 is 1.64 bits per heavy atom. The summed E-state index contributed by atoms with van der Waals surface area (Å²) >= 11 is 0. The Morgan fingerprint density at radius 1 is 1.18 bits per heavy atom. The SMILES string of the molecule is CO[Si](OC)(OC)C(N)CN. The molecule has 0 aromatic heterocycles. The first-order chi connectivity index (χ1) is 5.16. The molecule has 0 aliphatic rings. The number of hydrogen-bond acceptors (Lipinski definition) is 5. The van der Waals surface area contributed by atoms with E-state index in [1.807, 2.05) is 0 Å². The summed E-state index contributed by atoms with van der Waals surface area (Å²) in [5.41, 5.74) is 10.6. The average molecular weight is 180 g/mol. The molecule has 5 nitrogen and oxygen atoms in total. The zero-order valence-electron chi connectivity index (χ0n) is 7.16. The topological polar surface area (TPSA) is 79.7 Å². The third-order valence-electron chi connectivity index (χ3n) is 1.56. The second-order valence-corrected chi connectivity index (χ2v) is 5.23. The van der Waals surface area contributed by atoms with Crippen LogP contribution in [0.3, 0.4) is 0 Å². The highest BCUT2D eigenvalue weighted by Crippen LogP contribution is 2.08. The van der Waals surface area contributed by atoms with Crippen LogP contribution in [0.25, 0.3) is 0 Å². The Balaban J connectivity index is 4.26. The number of hydrogen-bond donors (Lipinski definition) is 2. The van der Waals surface area contributed by atoms with Crippen molar-refractivity contribution in [1.29, 1.82) is 0 Å². The Hall–Kier alpha value is 0.0169. The first-order valence-corrected chi connectivity index (χ1v) is 5.08. The molecule has 0 spiro atoms. The van der Waals surface area contributed by atoms with Crippen molar-refractivity contribution in [3.63, 3.8) is 0 Å². The Morgan fingerprint density at radius 2 is 1.55 bits per heavy atom. The summed E-state index contributed by atoms with van der Waals surface area (Å²) in [6, 6.07) is 0. The van der Waals surface area contributed by atoms with E-state index in [1.165, 1.54) is 21.3 Å². The van der Waals surface area contributed by atoms with Crippen molar-refractivity contribution in [1.82, 2.24) is 0 Å². The molecule has 0 saturated heterocycles. The van der Waals surface area contributed by atoms with Crippen LogP contribution in [0.1, 0.15) is 0 Å². The van der Waals surface area contributed by atoms with Gasteiger partial charge < -0.3 is 24.7 Å². The smallest absolute Gasteiger partial charge is 0.376 e. The molecule has 6 heteroatoms. The molecule has 11 heavy (non-hydrogen) atoms. The molecule has 68 valence electrons. The van der Waals surface area contributed by atoms with Crippen molar-refractivity contribution >= 4 is 8.80 Å². The Kier molecular flexibility index (Phi) is 4.81. The van der Waals surface area contributed by atoms with E-state index in [0.29, 0.717) is 6.54 Å². The highest BCUT2D eigenvalue weighted by molar-refractivity contribution is 6.62. The minimum absolute atomic E-state index is 0.293. The van der Waals surface area contributed by atoms with E-state index < -0.39 is 8.80 Å². The first-order valence-electron chi connectivity index (χ1n) is 3.28. The van der Waals surface area contributed by atoms with Gasteiger partial charge >= 0.3 is 8.80 Å². The van der Waals surface area contributed by atoms with E-state index in [0.717, 1.165) is 0 Å². The molecule has 4 N–H and O–H groups in total. The summed E-state index contributed by atoms with van der Waals surface area (Å²) in [7, 11) is 1.86. The van der Waals surface area contributed by atoms with Gasteiger partial charge in [0.15, 0.2) is 0 Å². The lowest BCUT2D eigenvalue weighted by molar-refractivity contribution is 0.113. The van der Waals surface area contributed by atoms with E-state index in [9.17, 15) is 0 Å². The molecule has 0 aliphatic carbocycles. The second-order valence-electron chi connectivity index (χ2n) is 2.06. The molecule has 0 aliphatic heterocycles. The first kappa shape index (κ1) is 11.0. The van der Waals surface area contributed by atoms with Crippen LogP contribution in [-0.2, 0) is 13.3 Å². The van der Waals surface area contributed by atoms with Crippen molar-refractivity contribution in [2.45, 2.75) is 5.67 Å². The van der Waals surface area contributed by atoms with Crippen LogP contribution >= 0.6 is 0 Å². The molecule has 0 radical (unpaired) electrons. The van der Waals surface area contributed by atoms with Gasteiger partial charge in [-0.3, -0.25) is 0 Å². The molecule has 0 aromatic rings. The van der Waals surface area contributed by atoms with Crippen LogP contribution < -0.4 is 11.5 Å². The van der Waals surface area contributed by atoms with E-state index in [4.69, 9.17) is 24.7 Å². The summed E-state index contributed by atoms with van der Waals surface area (Å²) in [6.45, 7) is 0.293. The predicted octanol–water partition coefficient (Wildman–Crippen LogP) is -1.31. The third kappa shape index (κ3) is 2.22. The molecule has 0 rings (SSSR count). The summed E-state index contributed by atoms with van der Waals surface area (Å²) in [6.07, 6.45) is 0. The second kappa shape index (κ2) is 4.81. The fraction of sp³-hybridized carbons (Fsp3) is 1.00. The van der Waals surface area contributed by atoms with Crippen LogP contribution in [0.5, 0.6) is 0 Å². The van der Waals surface area contributed by atoms with Gasteiger partial charge in [-0.1, -0.05) is 0 Å². The molecule has 0 heterocycles. The maximum Gasteiger partial charge on any atom is 0.519 e. The van der Waals surface area contributed by atoms with Gasteiger partial charge in [0.25, 0.3) is 0 Å². The van der Waals surface area contributed by atoms with Gasteiger partial charge in [-0.2, -0.15) is 0 Å². The quantitative estimate of drug-likeness (QED) is 0.513. The molecular formula is C5H16N2O3Si. The zero-order valence-corrected chi connectivity index (χ0v) is 8.16. The van der Waals surface area contributed by atoms with Gasteiger partial charge in [-0.05, 0) is 0 Å². The van der Waals surface area contributed by atoms with Crippen molar-refractivity contribution in [2.24, 2.45) is 11.5 Å².